The summed E-state index contributed by atoms with van der Waals surface area (Å²) in [5.74, 6) is 0. The molecule has 0 N–H and O–H groups in total. The van der Waals surface area contributed by atoms with Gasteiger partial charge in [-0.1, -0.05) is 30.3 Å². The summed E-state index contributed by atoms with van der Waals surface area (Å²) in [7, 11) is 0. The summed E-state index contributed by atoms with van der Waals surface area (Å²) in [6.07, 6.45) is 3.35. The van der Waals surface area contributed by atoms with E-state index >= 15 is 0 Å². The van der Waals surface area contributed by atoms with Crippen molar-refractivity contribution in [2.24, 2.45) is 0 Å². The molecule has 0 spiro atoms. The molecule has 0 radical (unpaired) electrons. The molecule has 2 aromatic heterocycles. The van der Waals surface area contributed by atoms with Crippen LogP contribution < -0.4 is 5.56 Å². The molecule has 0 saturated carbocycles. The van der Waals surface area contributed by atoms with Crippen LogP contribution in [-0.2, 0) is 0 Å². The molecular formula is C14H10N2O. The van der Waals surface area contributed by atoms with Gasteiger partial charge in [-0.15, -0.1) is 0 Å². The van der Waals surface area contributed by atoms with E-state index in [0.29, 0.717) is 5.65 Å². The lowest BCUT2D eigenvalue weighted by atomic mass is 10.1. The Bertz CT molecular complexity index is 717. The third kappa shape index (κ3) is 1.72. The Balaban J connectivity index is 2.27. The lowest BCUT2D eigenvalue weighted by molar-refractivity contribution is 1.05. The van der Waals surface area contributed by atoms with Crippen LogP contribution in [-0.4, -0.2) is 9.38 Å². The molecule has 0 aliphatic carbocycles. The molecule has 3 rings (SSSR count). The molecule has 3 aromatic rings. The zero-order chi connectivity index (χ0) is 11.7. The monoisotopic (exact) mass is 222 g/mol. The van der Waals surface area contributed by atoms with Crippen molar-refractivity contribution in [3.05, 3.63) is 71.3 Å². The van der Waals surface area contributed by atoms with Gasteiger partial charge in [0.15, 0.2) is 0 Å². The van der Waals surface area contributed by atoms with Crippen LogP contribution in [0.1, 0.15) is 0 Å². The van der Waals surface area contributed by atoms with E-state index in [1.807, 2.05) is 48.7 Å². The summed E-state index contributed by atoms with van der Waals surface area (Å²) >= 11 is 0. The minimum absolute atomic E-state index is 0.0622. The molecule has 0 amide bonds. The average Bonchev–Trinajstić information content (AvgIpc) is 2.40. The minimum atomic E-state index is -0.0622. The third-order valence-electron chi connectivity index (χ3n) is 2.70. The van der Waals surface area contributed by atoms with E-state index < -0.39 is 0 Å². The van der Waals surface area contributed by atoms with E-state index in [1.54, 1.807) is 4.40 Å². The van der Waals surface area contributed by atoms with E-state index in [2.05, 4.69) is 4.98 Å². The number of pyridine rings is 1. The van der Waals surface area contributed by atoms with E-state index in [1.165, 1.54) is 12.3 Å². The van der Waals surface area contributed by atoms with Crippen molar-refractivity contribution in [2.75, 3.05) is 0 Å². The smallest absolute Gasteiger partial charge is 0.257 e. The van der Waals surface area contributed by atoms with Crippen LogP contribution in [0.15, 0.2) is 65.7 Å². The largest absolute Gasteiger partial charge is 0.269 e. The fourth-order valence-corrected chi connectivity index (χ4v) is 1.83. The van der Waals surface area contributed by atoms with Gasteiger partial charge in [-0.25, -0.2) is 4.98 Å². The third-order valence-corrected chi connectivity index (χ3v) is 2.70. The number of hydrogen-bond donors (Lipinski definition) is 0. The van der Waals surface area contributed by atoms with Crippen LogP contribution in [0.3, 0.4) is 0 Å². The molecule has 0 atom stereocenters. The Kier molecular flexibility index (Phi) is 2.22. The summed E-state index contributed by atoms with van der Waals surface area (Å²) in [4.78, 5) is 15.8. The number of hydrogen-bond acceptors (Lipinski definition) is 2. The highest BCUT2D eigenvalue weighted by atomic mass is 16.1. The van der Waals surface area contributed by atoms with E-state index in [9.17, 15) is 4.79 Å². The Morgan fingerprint density at radius 2 is 1.71 bits per heavy atom. The number of nitrogens with zero attached hydrogens (tertiary/aromatic N) is 2. The van der Waals surface area contributed by atoms with E-state index in [-0.39, 0.29) is 5.56 Å². The van der Waals surface area contributed by atoms with Crippen molar-refractivity contribution < 1.29 is 0 Å². The molecular weight excluding hydrogens is 212 g/mol. The first-order chi connectivity index (χ1) is 8.34. The normalized spacial score (nSPS) is 10.6. The number of benzene rings is 1. The van der Waals surface area contributed by atoms with Crippen LogP contribution in [0.2, 0.25) is 0 Å². The molecule has 3 heteroatoms. The lowest BCUT2D eigenvalue weighted by Gasteiger charge is -2.04. The van der Waals surface area contributed by atoms with Crippen molar-refractivity contribution in [3.63, 3.8) is 0 Å². The molecule has 0 aliphatic heterocycles. The molecule has 0 aliphatic rings. The fourth-order valence-electron chi connectivity index (χ4n) is 1.83. The molecule has 1 aromatic carbocycles. The van der Waals surface area contributed by atoms with Crippen LogP contribution in [0.25, 0.3) is 16.8 Å². The SMILES string of the molecule is O=c1ccnc2ccc(-c3ccccc3)cn12. The maximum atomic E-state index is 11.7. The quantitative estimate of drug-likeness (QED) is 0.633. The Morgan fingerprint density at radius 1 is 0.882 bits per heavy atom. The van der Waals surface area contributed by atoms with Crippen molar-refractivity contribution in [3.8, 4) is 11.1 Å². The van der Waals surface area contributed by atoms with Crippen LogP contribution in [0, 0.1) is 0 Å². The van der Waals surface area contributed by atoms with Crippen LogP contribution in [0.5, 0.6) is 0 Å². The second kappa shape index (κ2) is 3.87. The highest BCUT2D eigenvalue weighted by Gasteiger charge is 2.00. The van der Waals surface area contributed by atoms with Gasteiger partial charge in [-0.3, -0.25) is 9.20 Å². The summed E-state index contributed by atoms with van der Waals surface area (Å²) < 4.78 is 1.56. The Labute approximate surface area is 98.0 Å². The first kappa shape index (κ1) is 9.78. The van der Waals surface area contributed by atoms with Gasteiger partial charge < -0.3 is 0 Å². The maximum Gasteiger partial charge on any atom is 0.257 e. The summed E-state index contributed by atoms with van der Waals surface area (Å²) in [6.45, 7) is 0. The second-order valence-corrected chi connectivity index (χ2v) is 3.80. The number of aromatic nitrogens is 2. The summed E-state index contributed by atoms with van der Waals surface area (Å²) in [5.41, 5.74) is 2.70. The van der Waals surface area contributed by atoms with Gasteiger partial charge in [0.2, 0.25) is 0 Å². The predicted molar refractivity (Wildman–Crippen MR) is 66.9 cm³/mol. The summed E-state index contributed by atoms with van der Waals surface area (Å²) in [6, 6.07) is 15.2. The fraction of sp³-hybridized carbons (Fsp3) is 0. The van der Waals surface area contributed by atoms with E-state index in [4.69, 9.17) is 0 Å². The Hall–Kier alpha value is -2.42. The molecule has 2 heterocycles. The van der Waals surface area contributed by atoms with Crippen molar-refractivity contribution in [1.82, 2.24) is 9.38 Å². The molecule has 0 bridgehead atoms. The second-order valence-electron chi connectivity index (χ2n) is 3.80. The van der Waals surface area contributed by atoms with Crippen LogP contribution >= 0.6 is 0 Å². The standard InChI is InChI=1S/C14H10N2O/c17-14-8-9-15-13-7-6-12(10-16(13)14)11-4-2-1-3-5-11/h1-10H. The highest BCUT2D eigenvalue weighted by Crippen LogP contribution is 2.18. The van der Waals surface area contributed by atoms with E-state index in [0.717, 1.165) is 11.1 Å². The highest BCUT2D eigenvalue weighted by molar-refractivity contribution is 5.64. The number of rotatable bonds is 1. The predicted octanol–water partition coefficient (Wildman–Crippen LogP) is 2.36. The molecule has 0 saturated heterocycles. The van der Waals surface area contributed by atoms with Crippen molar-refractivity contribution in [2.45, 2.75) is 0 Å². The molecule has 3 nitrogen and oxygen atoms in total. The lowest BCUT2D eigenvalue weighted by Crippen LogP contribution is -2.12. The first-order valence-electron chi connectivity index (χ1n) is 5.37. The zero-order valence-corrected chi connectivity index (χ0v) is 9.08. The first-order valence-corrected chi connectivity index (χ1v) is 5.37. The molecule has 17 heavy (non-hydrogen) atoms. The van der Waals surface area contributed by atoms with Gasteiger partial charge in [0.25, 0.3) is 5.56 Å². The van der Waals surface area contributed by atoms with Gasteiger partial charge in [0.05, 0.1) is 0 Å². The molecule has 82 valence electrons. The maximum absolute atomic E-state index is 11.7. The van der Waals surface area contributed by atoms with Gasteiger partial charge in [-0.05, 0) is 23.3 Å². The Morgan fingerprint density at radius 3 is 2.53 bits per heavy atom. The van der Waals surface area contributed by atoms with Gasteiger partial charge in [0.1, 0.15) is 5.65 Å². The minimum Gasteiger partial charge on any atom is -0.269 e. The topological polar surface area (TPSA) is 34.4 Å². The van der Waals surface area contributed by atoms with Crippen LogP contribution in [0.4, 0.5) is 0 Å². The number of fused-ring (bicyclic) bond motifs is 1. The average molecular weight is 222 g/mol. The summed E-state index contributed by atoms with van der Waals surface area (Å²) in [5, 5.41) is 0. The van der Waals surface area contributed by atoms with Crippen molar-refractivity contribution >= 4 is 5.65 Å². The molecule has 0 fully saturated rings. The van der Waals surface area contributed by atoms with Gasteiger partial charge in [0, 0.05) is 18.5 Å². The zero-order valence-electron chi connectivity index (χ0n) is 9.08. The van der Waals surface area contributed by atoms with Gasteiger partial charge in [-0.2, -0.15) is 0 Å². The van der Waals surface area contributed by atoms with Gasteiger partial charge >= 0.3 is 0 Å². The van der Waals surface area contributed by atoms with Crippen molar-refractivity contribution in [1.29, 1.82) is 0 Å². The molecule has 0 unspecified atom stereocenters.